The first-order valence-electron chi connectivity index (χ1n) is 6.68. The SMILES string of the molecule is CCCn1nccc1C(O)Cc1cccc(OC)c1F. The van der Waals surface area contributed by atoms with Crippen LogP contribution in [-0.4, -0.2) is 22.0 Å². The molecule has 1 N–H and O–H groups in total. The number of nitrogens with zero attached hydrogens (tertiary/aromatic N) is 2. The second-order valence-corrected chi connectivity index (χ2v) is 4.63. The van der Waals surface area contributed by atoms with Crippen molar-refractivity contribution >= 4 is 0 Å². The van der Waals surface area contributed by atoms with Gasteiger partial charge >= 0.3 is 0 Å². The van der Waals surface area contributed by atoms with E-state index in [0.717, 1.165) is 13.0 Å². The Morgan fingerprint density at radius 2 is 2.20 bits per heavy atom. The summed E-state index contributed by atoms with van der Waals surface area (Å²) >= 11 is 0. The van der Waals surface area contributed by atoms with Crippen molar-refractivity contribution in [3.63, 3.8) is 0 Å². The number of methoxy groups -OCH3 is 1. The molecule has 4 nitrogen and oxygen atoms in total. The molecule has 1 aromatic heterocycles. The minimum Gasteiger partial charge on any atom is -0.494 e. The Balaban J connectivity index is 2.19. The molecule has 0 aliphatic carbocycles. The van der Waals surface area contributed by atoms with E-state index in [2.05, 4.69) is 5.10 Å². The van der Waals surface area contributed by atoms with Gasteiger partial charge in [-0.2, -0.15) is 5.10 Å². The Kier molecular flexibility index (Phi) is 4.74. The maximum absolute atomic E-state index is 14.1. The number of benzene rings is 1. The van der Waals surface area contributed by atoms with Gasteiger partial charge in [0.15, 0.2) is 11.6 Å². The fourth-order valence-corrected chi connectivity index (χ4v) is 2.21. The Morgan fingerprint density at radius 1 is 1.40 bits per heavy atom. The highest BCUT2D eigenvalue weighted by Gasteiger charge is 2.17. The van der Waals surface area contributed by atoms with E-state index in [0.29, 0.717) is 11.3 Å². The van der Waals surface area contributed by atoms with E-state index in [-0.39, 0.29) is 12.2 Å². The summed E-state index contributed by atoms with van der Waals surface area (Å²) in [6.45, 7) is 2.78. The number of halogens is 1. The summed E-state index contributed by atoms with van der Waals surface area (Å²) in [6.07, 6.45) is 1.98. The zero-order chi connectivity index (χ0) is 14.5. The van der Waals surface area contributed by atoms with Gasteiger partial charge in [-0.1, -0.05) is 19.1 Å². The maximum atomic E-state index is 14.1. The lowest BCUT2D eigenvalue weighted by Crippen LogP contribution is -2.12. The average Bonchev–Trinajstić information content (AvgIpc) is 2.90. The normalized spacial score (nSPS) is 12.4. The standard InChI is InChI=1S/C15H19FN2O2/c1-3-9-18-12(7-8-17-18)13(19)10-11-5-4-6-14(20-2)15(11)16/h4-8,13,19H,3,9-10H2,1-2H3. The first-order valence-corrected chi connectivity index (χ1v) is 6.68. The summed E-state index contributed by atoms with van der Waals surface area (Å²) in [5, 5.41) is 14.5. The topological polar surface area (TPSA) is 47.3 Å². The highest BCUT2D eigenvalue weighted by Crippen LogP contribution is 2.25. The monoisotopic (exact) mass is 278 g/mol. The zero-order valence-electron chi connectivity index (χ0n) is 11.7. The largest absolute Gasteiger partial charge is 0.494 e. The Bertz CT molecular complexity index is 569. The molecule has 0 aliphatic rings. The van der Waals surface area contributed by atoms with E-state index >= 15 is 0 Å². The number of hydrogen-bond acceptors (Lipinski definition) is 3. The van der Waals surface area contributed by atoms with Crippen molar-refractivity contribution in [2.45, 2.75) is 32.4 Å². The molecule has 1 unspecified atom stereocenters. The molecular formula is C15H19FN2O2. The van der Waals surface area contributed by atoms with E-state index in [9.17, 15) is 9.50 Å². The van der Waals surface area contributed by atoms with Crippen molar-refractivity contribution in [3.05, 3.63) is 47.5 Å². The summed E-state index contributed by atoms with van der Waals surface area (Å²) in [5.74, 6) is -0.229. The van der Waals surface area contributed by atoms with Crippen LogP contribution in [0.25, 0.3) is 0 Å². The maximum Gasteiger partial charge on any atom is 0.168 e. The molecule has 0 spiro atoms. The van der Waals surface area contributed by atoms with E-state index in [1.807, 2.05) is 6.92 Å². The summed E-state index contributed by atoms with van der Waals surface area (Å²) in [4.78, 5) is 0. The Hall–Kier alpha value is -1.88. The van der Waals surface area contributed by atoms with Crippen molar-refractivity contribution in [2.75, 3.05) is 7.11 Å². The molecule has 1 aromatic carbocycles. The van der Waals surface area contributed by atoms with Crippen LogP contribution < -0.4 is 4.74 Å². The predicted octanol–water partition coefficient (Wildman–Crippen LogP) is 2.72. The molecule has 0 radical (unpaired) electrons. The van der Waals surface area contributed by atoms with Crippen LogP contribution in [0.5, 0.6) is 5.75 Å². The number of hydrogen-bond donors (Lipinski definition) is 1. The first-order chi connectivity index (χ1) is 9.67. The van der Waals surface area contributed by atoms with Crippen molar-refractivity contribution in [1.82, 2.24) is 9.78 Å². The molecule has 0 fully saturated rings. The average molecular weight is 278 g/mol. The summed E-state index contributed by atoms with van der Waals surface area (Å²) in [7, 11) is 1.43. The molecule has 1 heterocycles. The molecule has 0 amide bonds. The number of aryl methyl sites for hydroxylation is 1. The van der Waals surface area contributed by atoms with Crippen LogP contribution in [0, 0.1) is 5.82 Å². The van der Waals surface area contributed by atoms with Gasteiger partial charge in [-0.25, -0.2) is 4.39 Å². The summed E-state index contributed by atoms with van der Waals surface area (Å²) in [5.41, 5.74) is 1.13. The number of aliphatic hydroxyl groups is 1. The number of ether oxygens (including phenoxy) is 1. The third-order valence-corrected chi connectivity index (χ3v) is 3.20. The highest BCUT2D eigenvalue weighted by molar-refractivity contribution is 5.32. The molecule has 1 atom stereocenters. The third kappa shape index (κ3) is 2.99. The molecule has 108 valence electrons. The van der Waals surface area contributed by atoms with Crippen molar-refractivity contribution < 1.29 is 14.2 Å². The van der Waals surface area contributed by atoms with Gasteiger partial charge in [-0.3, -0.25) is 4.68 Å². The third-order valence-electron chi connectivity index (χ3n) is 3.20. The van der Waals surface area contributed by atoms with E-state index < -0.39 is 11.9 Å². The van der Waals surface area contributed by atoms with Crippen molar-refractivity contribution in [1.29, 1.82) is 0 Å². The Labute approximate surface area is 117 Å². The predicted molar refractivity (Wildman–Crippen MR) is 74.1 cm³/mol. The molecule has 0 saturated heterocycles. The minimum atomic E-state index is -0.786. The second kappa shape index (κ2) is 6.52. The van der Waals surface area contributed by atoms with Gasteiger partial charge in [-0.15, -0.1) is 0 Å². The smallest absolute Gasteiger partial charge is 0.168 e. The molecule has 0 saturated carbocycles. The Morgan fingerprint density at radius 3 is 2.90 bits per heavy atom. The first kappa shape index (κ1) is 14.5. The van der Waals surface area contributed by atoms with Crippen molar-refractivity contribution in [2.24, 2.45) is 0 Å². The van der Waals surface area contributed by atoms with Crippen molar-refractivity contribution in [3.8, 4) is 5.75 Å². The quantitative estimate of drug-likeness (QED) is 0.883. The van der Waals surface area contributed by atoms with Gasteiger partial charge in [0.1, 0.15) is 0 Å². The molecule has 5 heteroatoms. The number of aliphatic hydroxyl groups excluding tert-OH is 1. The van der Waals surface area contributed by atoms with Gasteiger partial charge in [0.25, 0.3) is 0 Å². The molecule has 2 aromatic rings. The molecular weight excluding hydrogens is 259 g/mol. The summed E-state index contributed by atoms with van der Waals surface area (Å²) in [6, 6.07) is 6.69. The lowest BCUT2D eigenvalue weighted by Gasteiger charge is -2.14. The minimum absolute atomic E-state index is 0.191. The molecule has 2 rings (SSSR count). The van der Waals surface area contributed by atoms with Crippen LogP contribution in [0.4, 0.5) is 4.39 Å². The number of aromatic nitrogens is 2. The van der Waals surface area contributed by atoms with Crippen LogP contribution in [0.15, 0.2) is 30.5 Å². The zero-order valence-corrected chi connectivity index (χ0v) is 11.7. The van der Waals surface area contributed by atoms with Crippen LogP contribution in [-0.2, 0) is 13.0 Å². The lowest BCUT2D eigenvalue weighted by molar-refractivity contribution is 0.165. The fraction of sp³-hybridized carbons (Fsp3) is 0.400. The van der Waals surface area contributed by atoms with Gasteiger partial charge in [-0.05, 0) is 24.1 Å². The molecule has 0 bridgehead atoms. The van der Waals surface area contributed by atoms with Gasteiger partial charge in [0.05, 0.1) is 18.9 Å². The van der Waals surface area contributed by atoms with E-state index in [4.69, 9.17) is 4.74 Å². The molecule has 0 aliphatic heterocycles. The molecule has 20 heavy (non-hydrogen) atoms. The van der Waals surface area contributed by atoms with E-state index in [1.54, 1.807) is 35.1 Å². The lowest BCUT2D eigenvalue weighted by atomic mass is 10.0. The fourth-order valence-electron chi connectivity index (χ4n) is 2.21. The van der Waals surface area contributed by atoms with Crippen LogP contribution in [0.3, 0.4) is 0 Å². The van der Waals surface area contributed by atoms with Gasteiger partial charge in [0, 0.05) is 19.2 Å². The van der Waals surface area contributed by atoms with E-state index in [1.165, 1.54) is 7.11 Å². The second-order valence-electron chi connectivity index (χ2n) is 4.63. The summed E-state index contributed by atoms with van der Waals surface area (Å²) < 4.78 is 20.8. The van der Waals surface area contributed by atoms with Gasteiger partial charge in [0.2, 0.25) is 0 Å². The van der Waals surface area contributed by atoms with Crippen LogP contribution in [0.2, 0.25) is 0 Å². The van der Waals surface area contributed by atoms with Crippen LogP contribution >= 0.6 is 0 Å². The van der Waals surface area contributed by atoms with Crippen LogP contribution in [0.1, 0.15) is 30.7 Å². The van der Waals surface area contributed by atoms with Gasteiger partial charge < -0.3 is 9.84 Å². The number of rotatable bonds is 6. The highest BCUT2D eigenvalue weighted by atomic mass is 19.1.